The number of phenols is 1. The fourth-order valence-corrected chi connectivity index (χ4v) is 3.65. The van der Waals surface area contributed by atoms with Crippen molar-refractivity contribution in [2.24, 2.45) is 4.99 Å². The molecular weight excluding hydrogens is 364 g/mol. The van der Waals surface area contributed by atoms with Crippen LogP contribution in [-0.4, -0.2) is 44.9 Å². The van der Waals surface area contributed by atoms with E-state index in [4.69, 9.17) is 4.74 Å². The minimum Gasteiger partial charge on any atom is -0.508 e. The van der Waals surface area contributed by atoms with Crippen LogP contribution in [0.25, 0.3) is 0 Å². The van der Waals surface area contributed by atoms with E-state index in [-0.39, 0.29) is 11.8 Å². The predicted octanol–water partition coefficient (Wildman–Crippen LogP) is 3.47. The van der Waals surface area contributed by atoms with Crippen molar-refractivity contribution >= 4 is 11.6 Å². The third kappa shape index (κ3) is 5.56. The van der Waals surface area contributed by atoms with Crippen LogP contribution in [0.5, 0.6) is 11.5 Å². The molecule has 0 amide bonds. The molecule has 1 saturated heterocycles. The molecule has 1 atom stereocenters. The van der Waals surface area contributed by atoms with Crippen LogP contribution in [-0.2, 0) is 6.42 Å². The van der Waals surface area contributed by atoms with Crippen LogP contribution >= 0.6 is 0 Å². The van der Waals surface area contributed by atoms with Crippen LogP contribution in [0, 0.1) is 0 Å². The lowest BCUT2D eigenvalue weighted by Crippen LogP contribution is -2.39. The number of benzene rings is 2. The highest BCUT2D eigenvalue weighted by molar-refractivity contribution is 5.80. The highest BCUT2D eigenvalue weighted by Crippen LogP contribution is 2.24. The first-order valence-corrected chi connectivity index (χ1v) is 10.3. The fourth-order valence-electron chi connectivity index (χ4n) is 3.65. The lowest BCUT2D eigenvalue weighted by atomic mass is 10.1. The van der Waals surface area contributed by atoms with Crippen molar-refractivity contribution in [2.45, 2.75) is 32.2 Å². The zero-order valence-electron chi connectivity index (χ0n) is 17.6. The number of nitrogens with zero attached hydrogens (tertiary/aromatic N) is 2. The van der Waals surface area contributed by atoms with Crippen molar-refractivity contribution < 1.29 is 9.84 Å². The molecule has 6 heteroatoms. The maximum absolute atomic E-state index is 10.1. The second-order valence-electron chi connectivity index (χ2n) is 7.40. The molecular formula is C23H32N4O2. The Balaban J connectivity index is 1.54. The van der Waals surface area contributed by atoms with Gasteiger partial charge in [-0.1, -0.05) is 18.2 Å². The van der Waals surface area contributed by atoms with Gasteiger partial charge in [0.1, 0.15) is 11.5 Å². The van der Waals surface area contributed by atoms with E-state index >= 15 is 0 Å². The molecule has 6 nitrogen and oxygen atoms in total. The van der Waals surface area contributed by atoms with E-state index in [1.165, 1.54) is 24.1 Å². The summed E-state index contributed by atoms with van der Waals surface area (Å²) in [4.78, 5) is 6.78. The van der Waals surface area contributed by atoms with Gasteiger partial charge in [0.05, 0.1) is 13.2 Å². The number of aromatic hydroxyl groups is 1. The van der Waals surface area contributed by atoms with Gasteiger partial charge in [0.15, 0.2) is 5.96 Å². The number of hydrogen-bond donors (Lipinski definition) is 3. The summed E-state index contributed by atoms with van der Waals surface area (Å²) in [5.74, 6) is 1.65. The fraction of sp³-hybridized carbons (Fsp3) is 0.435. The van der Waals surface area contributed by atoms with Gasteiger partial charge in [0.2, 0.25) is 0 Å². The second kappa shape index (κ2) is 10.0. The summed E-state index contributed by atoms with van der Waals surface area (Å²) in [7, 11) is 3.36. The summed E-state index contributed by atoms with van der Waals surface area (Å²) >= 11 is 0. The minimum atomic E-state index is 0.137. The van der Waals surface area contributed by atoms with E-state index < -0.39 is 0 Å². The van der Waals surface area contributed by atoms with Crippen molar-refractivity contribution in [2.75, 3.05) is 38.7 Å². The smallest absolute Gasteiger partial charge is 0.191 e. The molecule has 1 aliphatic rings. The van der Waals surface area contributed by atoms with Crippen molar-refractivity contribution in [3.8, 4) is 11.5 Å². The number of ether oxygens (including phenoxy) is 1. The van der Waals surface area contributed by atoms with Crippen LogP contribution in [0.4, 0.5) is 5.69 Å². The molecule has 1 fully saturated rings. The van der Waals surface area contributed by atoms with Gasteiger partial charge < -0.3 is 25.4 Å². The Hall–Kier alpha value is -2.89. The number of aliphatic imine (C=N–C) groups is 1. The van der Waals surface area contributed by atoms with Gasteiger partial charge in [-0.25, -0.2) is 0 Å². The zero-order chi connectivity index (χ0) is 20.6. The average Bonchev–Trinajstić information content (AvgIpc) is 3.29. The summed E-state index contributed by atoms with van der Waals surface area (Å²) in [6.07, 6.45) is 3.24. The molecule has 29 heavy (non-hydrogen) atoms. The zero-order valence-corrected chi connectivity index (χ0v) is 17.6. The summed E-state index contributed by atoms with van der Waals surface area (Å²) in [6, 6.07) is 14.3. The third-order valence-electron chi connectivity index (χ3n) is 5.40. The maximum Gasteiger partial charge on any atom is 0.191 e. The number of rotatable bonds is 7. The second-order valence-corrected chi connectivity index (χ2v) is 7.40. The molecule has 0 bridgehead atoms. The number of anilines is 1. The van der Waals surface area contributed by atoms with Crippen molar-refractivity contribution in [3.05, 3.63) is 53.6 Å². The molecule has 1 unspecified atom stereocenters. The molecule has 156 valence electrons. The summed E-state index contributed by atoms with van der Waals surface area (Å²) < 4.78 is 5.13. The van der Waals surface area contributed by atoms with Crippen LogP contribution in [0.3, 0.4) is 0 Å². The number of guanidine groups is 1. The van der Waals surface area contributed by atoms with Crippen molar-refractivity contribution in [1.29, 1.82) is 0 Å². The van der Waals surface area contributed by atoms with E-state index in [0.717, 1.165) is 24.6 Å². The van der Waals surface area contributed by atoms with E-state index in [2.05, 4.69) is 51.7 Å². The van der Waals surface area contributed by atoms with Crippen LogP contribution in [0.2, 0.25) is 0 Å². The van der Waals surface area contributed by atoms with Gasteiger partial charge in [-0.3, -0.25) is 4.99 Å². The molecule has 1 heterocycles. The Kier molecular flexibility index (Phi) is 7.22. The van der Waals surface area contributed by atoms with E-state index in [9.17, 15) is 5.11 Å². The van der Waals surface area contributed by atoms with Gasteiger partial charge in [-0.2, -0.15) is 0 Å². The highest BCUT2D eigenvalue weighted by Gasteiger charge is 2.14. The molecule has 0 spiro atoms. The first kappa shape index (κ1) is 20.8. The number of phenolic OH excluding ortho intramolecular Hbond substituents is 1. The van der Waals surface area contributed by atoms with E-state index in [0.29, 0.717) is 18.7 Å². The van der Waals surface area contributed by atoms with Gasteiger partial charge in [-0.05, 0) is 55.5 Å². The minimum absolute atomic E-state index is 0.137. The van der Waals surface area contributed by atoms with E-state index in [1.54, 1.807) is 20.2 Å². The SMILES string of the molecule is CN=C(NCCc1ccc(OC)cc1O)NC(C)c1cccc(N2CCCC2)c1. The quantitative estimate of drug-likeness (QED) is 0.494. The molecule has 0 aliphatic carbocycles. The molecule has 2 aromatic rings. The summed E-state index contributed by atoms with van der Waals surface area (Å²) in [5, 5.41) is 16.9. The molecule has 1 aliphatic heterocycles. The van der Waals surface area contributed by atoms with Crippen molar-refractivity contribution in [1.82, 2.24) is 10.6 Å². The number of methoxy groups -OCH3 is 1. The Bertz CT molecular complexity index is 831. The van der Waals surface area contributed by atoms with Gasteiger partial charge >= 0.3 is 0 Å². The highest BCUT2D eigenvalue weighted by atomic mass is 16.5. The Morgan fingerprint density at radius 2 is 2.00 bits per heavy atom. The average molecular weight is 397 g/mol. The lowest BCUT2D eigenvalue weighted by molar-refractivity contribution is 0.406. The predicted molar refractivity (Wildman–Crippen MR) is 119 cm³/mol. The maximum atomic E-state index is 10.1. The largest absolute Gasteiger partial charge is 0.508 e. The van der Waals surface area contributed by atoms with Gasteiger partial charge in [0, 0.05) is 38.4 Å². The monoisotopic (exact) mass is 396 g/mol. The molecule has 0 radical (unpaired) electrons. The summed E-state index contributed by atoms with van der Waals surface area (Å²) in [6.45, 7) is 5.10. The summed E-state index contributed by atoms with van der Waals surface area (Å²) in [5.41, 5.74) is 3.41. The first-order valence-electron chi connectivity index (χ1n) is 10.3. The molecule has 0 saturated carbocycles. The van der Waals surface area contributed by atoms with Crippen LogP contribution < -0.4 is 20.3 Å². The third-order valence-corrected chi connectivity index (χ3v) is 5.40. The molecule has 0 aromatic heterocycles. The Labute approximate surface area is 173 Å². The Morgan fingerprint density at radius 1 is 1.21 bits per heavy atom. The number of hydrogen-bond acceptors (Lipinski definition) is 4. The van der Waals surface area contributed by atoms with E-state index in [1.807, 2.05) is 12.1 Å². The first-order chi connectivity index (χ1) is 14.1. The normalized spacial score (nSPS) is 15.3. The lowest BCUT2D eigenvalue weighted by Gasteiger charge is -2.22. The topological polar surface area (TPSA) is 69.1 Å². The van der Waals surface area contributed by atoms with Gasteiger partial charge in [-0.15, -0.1) is 0 Å². The van der Waals surface area contributed by atoms with Crippen LogP contribution in [0.1, 0.15) is 36.9 Å². The van der Waals surface area contributed by atoms with Gasteiger partial charge in [0.25, 0.3) is 0 Å². The van der Waals surface area contributed by atoms with Crippen molar-refractivity contribution in [3.63, 3.8) is 0 Å². The number of nitrogens with one attached hydrogen (secondary N) is 2. The molecule has 3 rings (SSSR count). The Morgan fingerprint density at radius 3 is 2.69 bits per heavy atom. The molecule has 3 N–H and O–H groups in total. The van der Waals surface area contributed by atoms with Crippen LogP contribution in [0.15, 0.2) is 47.5 Å². The standard InChI is InChI=1S/C23H32N4O2/c1-17(19-7-6-8-20(15-19)27-13-4-5-14-27)26-23(24-2)25-12-11-18-9-10-21(29-3)16-22(18)28/h6-10,15-17,28H,4-5,11-14H2,1-3H3,(H2,24,25,26). The molecule has 2 aromatic carbocycles.